The maximum Gasteiger partial charge on any atom is 0.320 e. The lowest BCUT2D eigenvalue weighted by atomic mass is 9.79. The number of carbonyl (C=O) groups is 2. The van der Waals surface area contributed by atoms with E-state index in [1.54, 1.807) is 14.0 Å². The van der Waals surface area contributed by atoms with Gasteiger partial charge >= 0.3 is 11.9 Å². The summed E-state index contributed by atoms with van der Waals surface area (Å²) in [6, 6.07) is 2.65. The molecule has 0 fully saturated rings. The number of carboxylic acid groups (broad SMARTS) is 1. The molecule has 0 bridgehead atoms. The molecule has 0 aliphatic heterocycles. The van der Waals surface area contributed by atoms with Gasteiger partial charge in [-0.3, -0.25) is 9.59 Å². The minimum absolute atomic E-state index is 0.0767. The van der Waals surface area contributed by atoms with Crippen molar-refractivity contribution in [3.05, 3.63) is 23.3 Å². The Morgan fingerprint density at radius 1 is 1.07 bits per heavy atom. The lowest BCUT2D eigenvalue weighted by Gasteiger charge is -2.30. The molecule has 2 atom stereocenters. The first kappa shape index (κ1) is 23.0. The summed E-state index contributed by atoms with van der Waals surface area (Å²) in [6.07, 6.45) is -0.0767. The number of aliphatic carboxylic acids is 1. The normalized spacial score (nSPS) is 14.4. The van der Waals surface area contributed by atoms with E-state index in [4.69, 9.17) is 20.3 Å². The highest BCUT2D eigenvalue weighted by Crippen LogP contribution is 2.42. The number of carboxylic acids is 1. The number of ether oxygens (including phenoxy) is 2. The van der Waals surface area contributed by atoms with E-state index in [-0.39, 0.29) is 17.3 Å². The number of nitrogens with two attached hydrogens (primary N) is 1. The molecule has 0 amide bonds. The van der Waals surface area contributed by atoms with Crippen LogP contribution in [0.25, 0.3) is 0 Å². The van der Waals surface area contributed by atoms with Crippen molar-refractivity contribution in [2.75, 3.05) is 7.11 Å². The molecule has 0 aromatic heterocycles. The Hall–Kier alpha value is -2.08. The predicted molar refractivity (Wildman–Crippen MR) is 105 cm³/mol. The molecule has 1 aromatic rings. The van der Waals surface area contributed by atoms with Crippen molar-refractivity contribution >= 4 is 11.9 Å². The zero-order valence-electron chi connectivity index (χ0n) is 17.7. The van der Waals surface area contributed by atoms with Crippen molar-refractivity contribution in [2.45, 2.75) is 71.8 Å². The fourth-order valence-corrected chi connectivity index (χ4v) is 2.73. The van der Waals surface area contributed by atoms with Crippen LogP contribution in [0.4, 0.5) is 0 Å². The third-order valence-electron chi connectivity index (χ3n) is 4.52. The van der Waals surface area contributed by atoms with E-state index in [0.29, 0.717) is 11.5 Å². The molecule has 6 heteroatoms. The predicted octanol–water partition coefficient (Wildman–Crippen LogP) is 3.63. The van der Waals surface area contributed by atoms with Gasteiger partial charge in [-0.05, 0) is 28.9 Å². The number of hydrogen-bond acceptors (Lipinski definition) is 5. The second-order valence-electron chi connectivity index (χ2n) is 9.07. The number of methoxy groups -OCH3 is 1. The third kappa shape index (κ3) is 5.96. The number of esters is 1. The Morgan fingerprint density at radius 2 is 1.52 bits per heavy atom. The molecule has 0 aliphatic carbocycles. The molecule has 0 saturated carbocycles. The van der Waals surface area contributed by atoms with Gasteiger partial charge in [0.25, 0.3) is 0 Å². The number of carbonyl (C=O) groups excluding carboxylic acids is 1. The highest BCUT2D eigenvalue weighted by Gasteiger charge is 2.31. The molecule has 3 N–H and O–H groups in total. The minimum atomic E-state index is -1.13. The average molecular weight is 379 g/mol. The molecule has 27 heavy (non-hydrogen) atoms. The smallest absolute Gasteiger partial charge is 0.320 e. The molecular weight excluding hydrogens is 346 g/mol. The van der Waals surface area contributed by atoms with Crippen molar-refractivity contribution in [3.63, 3.8) is 0 Å². The lowest BCUT2D eigenvalue weighted by Crippen LogP contribution is -2.38. The Morgan fingerprint density at radius 3 is 1.85 bits per heavy atom. The summed E-state index contributed by atoms with van der Waals surface area (Å²) in [5.41, 5.74) is 6.76. The van der Waals surface area contributed by atoms with Gasteiger partial charge in [0.05, 0.1) is 13.5 Å². The quantitative estimate of drug-likeness (QED) is 0.578. The van der Waals surface area contributed by atoms with Gasteiger partial charge in [0.2, 0.25) is 0 Å². The van der Waals surface area contributed by atoms with Crippen LogP contribution in [0, 0.1) is 5.92 Å². The molecule has 0 spiro atoms. The van der Waals surface area contributed by atoms with Gasteiger partial charge in [0.15, 0.2) is 0 Å². The first-order valence-corrected chi connectivity index (χ1v) is 9.10. The van der Waals surface area contributed by atoms with Crippen molar-refractivity contribution in [2.24, 2.45) is 11.7 Å². The summed E-state index contributed by atoms with van der Waals surface area (Å²) in [7, 11) is 1.61. The fraction of sp³-hybridized carbons (Fsp3) is 0.619. The maximum atomic E-state index is 12.6. The standard InChI is InChI=1S/C21H33NO5/c1-12(17(22)19(24)25)9-16(23)27-18-14(20(2,3)4)10-13(26-8)11-15(18)21(5,6)7/h10-12,17H,9,22H2,1-8H3,(H,24,25). The Labute approximate surface area is 162 Å². The summed E-state index contributed by atoms with van der Waals surface area (Å²) < 4.78 is 11.2. The van der Waals surface area contributed by atoms with Crippen molar-refractivity contribution in [1.82, 2.24) is 0 Å². The Bertz CT molecular complexity index is 662. The molecule has 2 unspecified atom stereocenters. The van der Waals surface area contributed by atoms with Gasteiger partial charge in [-0.1, -0.05) is 48.5 Å². The van der Waals surface area contributed by atoms with Gasteiger partial charge in [-0.2, -0.15) is 0 Å². The van der Waals surface area contributed by atoms with Crippen molar-refractivity contribution < 1.29 is 24.2 Å². The zero-order chi connectivity index (χ0) is 21.2. The monoisotopic (exact) mass is 379 g/mol. The van der Waals surface area contributed by atoms with Gasteiger partial charge in [0.1, 0.15) is 17.5 Å². The average Bonchev–Trinajstić information content (AvgIpc) is 2.51. The van der Waals surface area contributed by atoms with Crippen LogP contribution < -0.4 is 15.2 Å². The van der Waals surface area contributed by atoms with Crippen LogP contribution in [0.15, 0.2) is 12.1 Å². The molecule has 0 heterocycles. The lowest BCUT2D eigenvalue weighted by molar-refractivity contribution is -0.141. The number of benzene rings is 1. The van der Waals surface area contributed by atoms with Gasteiger partial charge in [-0.25, -0.2) is 0 Å². The maximum absolute atomic E-state index is 12.6. The van der Waals surface area contributed by atoms with E-state index in [0.717, 1.165) is 11.1 Å². The minimum Gasteiger partial charge on any atom is -0.497 e. The van der Waals surface area contributed by atoms with Gasteiger partial charge in [0, 0.05) is 11.1 Å². The van der Waals surface area contributed by atoms with Crippen LogP contribution in [-0.2, 0) is 20.4 Å². The summed E-state index contributed by atoms with van der Waals surface area (Å²) in [6.45, 7) is 13.8. The molecule has 6 nitrogen and oxygen atoms in total. The summed E-state index contributed by atoms with van der Waals surface area (Å²) >= 11 is 0. The number of rotatable bonds is 6. The molecule has 1 rings (SSSR count). The van der Waals surface area contributed by atoms with Crippen LogP contribution in [-0.4, -0.2) is 30.2 Å². The van der Waals surface area contributed by atoms with Crippen molar-refractivity contribution in [3.8, 4) is 11.5 Å². The first-order valence-electron chi connectivity index (χ1n) is 9.10. The van der Waals surface area contributed by atoms with E-state index in [1.807, 2.05) is 53.7 Å². The van der Waals surface area contributed by atoms with E-state index in [1.165, 1.54) is 0 Å². The highest BCUT2D eigenvalue weighted by molar-refractivity contribution is 5.77. The number of hydrogen-bond donors (Lipinski definition) is 2. The fourth-order valence-electron chi connectivity index (χ4n) is 2.73. The molecule has 0 saturated heterocycles. The summed E-state index contributed by atoms with van der Waals surface area (Å²) in [4.78, 5) is 23.6. The topological polar surface area (TPSA) is 98.9 Å². The van der Waals surface area contributed by atoms with Crippen LogP contribution in [0.1, 0.15) is 66.0 Å². The molecule has 1 aromatic carbocycles. The van der Waals surface area contributed by atoms with Crippen LogP contribution in [0.5, 0.6) is 11.5 Å². The summed E-state index contributed by atoms with van der Waals surface area (Å²) in [5, 5.41) is 9.02. The van der Waals surface area contributed by atoms with E-state index in [2.05, 4.69) is 0 Å². The summed E-state index contributed by atoms with van der Waals surface area (Å²) in [5.74, 6) is -0.960. The van der Waals surface area contributed by atoms with E-state index < -0.39 is 23.9 Å². The highest BCUT2D eigenvalue weighted by atomic mass is 16.5. The van der Waals surface area contributed by atoms with Gasteiger partial charge in [-0.15, -0.1) is 0 Å². The van der Waals surface area contributed by atoms with E-state index >= 15 is 0 Å². The van der Waals surface area contributed by atoms with Crippen LogP contribution in [0.3, 0.4) is 0 Å². The molecule has 0 radical (unpaired) electrons. The van der Waals surface area contributed by atoms with Crippen LogP contribution >= 0.6 is 0 Å². The SMILES string of the molecule is COc1cc(C(C)(C)C)c(OC(=O)CC(C)C(N)C(=O)O)c(C(C)(C)C)c1. The van der Waals surface area contributed by atoms with Crippen LogP contribution in [0.2, 0.25) is 0 Å². The van der Waals surface area contributed by atoms with Crippen molar-refractivity contribution in [1.29, 1.82) is 0 Å². The molecule has 152 valence electrons. The Kier molecular flexibility index (Phi) is 7.05. The molecule has 0 aliphatic rings. The van der Waals surface area contributed by atoms with Gasteiger partial charge < -0.3 is 20.3 Å². The first-order chi connectivity index (χ1) is 12.2. The van der Waals surface area contributed by atoms with E-state index in [9.17, 15) is 9.59 Å². The Balaban J connectivity index is 3.36. The largest absolute Gasteiger partial charge is 0.497 e. The molecular formula is C21H33NO5. The second kappa shape index (κ2) is 8.30. The third-order valence-corrected chi connectivity index (χ3v) is 4.52. The second-order valence-corrected chi connectivity index (χ2v) is 9.07. The zero-order valence-corrected chi connectivity index (χ0v) is 17.7.